The number of anilines is 1. The molecule has 1 aliphatic carbocycles. The third kappa shape index (κ3) is 2.37. The van der Waals surface area contributed by atoms with Crippen molar-refractivity contribution in [2.75, 3.05) is 18.6 Å². The van der Waals surface area contributed by atoms with Crippen molar-refractivity contribution in [3.63, 3.8) is 0 Å². The fourth-order valence-electron chi connectivity index (χ4n) is 3.28. The molecule has 108 valence electrons. The summed E-state index contributed by atoms with van der Waals surface area (Å²) in [5, 5.41) is 0. The van der Waals surface area contributed by atoms with E-state index < -0.39 is 0 Å². The molecule has 20 heavy (non-hydrogen) atoms. The molecular formula is C15H22N4O. The third-order valence-corrected chi connectivity index (χ3v) is 4.56. The lowest BCUT2D eigenvalue weighted by atomic mass is 9.87. The molecule has 5 heteroatoms. The molecule has 0 spiro atoms. The largest absolute Gasteiger partial charge is 0.327 e. The first-order valence-electron chi connectivity index (χ1n) is 7.50. The van der Waals surface area contributed by atoms with Crippen LogP contribution in [0.15, 0.2) is 12.4 Å². The smallest absolute Gasteiger partial charge is 0.246 e. The van der Waals surface area contributed by atoms with E-state index in [1.54, 1.807) is 11.2 Å². The summed E-state index contributed by atoms with van der Waals surface area (Å²) in [7, 11) is 1.84. The van der Waals surface area contributed by atoms with Crippen LogP contribution in [0.4, 0.5) is 5.82 Å². The quantitative estimate of drug-likeness (QED) is 0.829. The van der Waals surface area contributed by atoms with E-state index in [0.717, 1.165) is 11.5 Å². The number of rotatable bonds is 2. The van der Waals surface area contributed by atoms with Crippen molar-refractivity contribution in [3.05, 3.63) is 18.1 Å². The van der Waals surface area contributed by atoms with Gasteiger partial charge < -0.3 is 9.80 Å². The molecule has 0 aromatic carbocycles. The normalized spacial score (nSPS) is 24.5. The van der Waals surface area contributed by atoms with Gasteiger partial charge in [-0.2, -0.15) is 0 Å². The van der Waals surface area contributed by atoms with E-state index in [1.165, 1.54) is 32.1 Å². The summed E-state index contributed by atoms with van der Waals surface area (Å²) in [6.07, 6.45) is 8.04. The van der Waals surface area contributed by atoms with E-state index >= 15 is 0 Å². The molecule has 1 aliphatic heterocycles. The van der Waals surface area contributed by atoms with Gasteiger partial charge in [0.25, 0.3) is 0 Å². The Labute approximate surface area is 120 Å². The molecular weight excluding hydrogens is 252 g/mol. The summed E-state index contributed by atoms with van der Waals surface area (Å²) < 4.78 is 0. The Bertz CT molecular complexity index is 498. The zero-order valence-corrected chi connectivity index (χ0v) is 12.2. The van der Waals surface area contributed by atoms with E-state index in [1.807, 2.05) is 14.0 Å². The van der Waals surface area contributed by atoms with Crippen molar-refractivity contribution in [2.24, 2.45) is 0 Å². The molecule has 1 atom stereocenters. The van der Waals surface area contributed by atoms with Gasteiger partial charge in [-0.25, -0.2) is 9.97 Å². The van der Waals surface area contributed by atoms with E-state index in [2.05, 4.69) is 20.9 Å². The highest BCUT2D eigenvalue weighted by Crippen LogP contribution is 2.33. The average molecular weight is 274 g/mol. The number of likely N-dealkylation sites (N-methyl/N-ethyl adjacent to an activating group) is 1. The summed E-state index contributed by atoms with van der Waals surface area (Å²) in [4.78, 5) is 24.5. The average Bonchev–Trinajstić information content (AvgIpc) is 2.76. The lowest BCUT2D eigenvalue weighted by Crippen LogP contribution is -2.30. The van der Waals surface area contributed by atoms with E-state index in [0.29, 0.717) is 12.6 Å². The molecule has 1 aromatic heterocycles. The molecule has 0 N–H and O–H groups in total. The zero-order valence-electron chi connectivity index (χ0n) is 12.2. The molecule has 0 bridgehead atoms. The van der Waals surface area contributed by atoms with Gasteiger partial charge in [0.2, 0.25) is 5.91 Å². The molecule has 1 unspecified atom stereocenters. The van der Waals surface area contributed by atoms with Crippen molar-refractivity contribution in [3.8, 4) is 0 Å². The van der Waals surface area contributed by atoms with Crippen LogP contribution in [0.25, 0.3) is 0 Å². The third-order valence-electron chi connectivity index (χ3n) is 4.56. The SMILES string of the molecule is CC1C(=O)N(C)CN1c1cc(C2CCCCC2)ncn1. The second-order valence-electron chi connectivity index (χ2n) is 5.96. The Morgan fingerprint density at radius 2 is 1.95 bits per heavy atom. The first-order valence-corrected chi connectivity index (χ1v) is 7.50. The lowest BCUT2D eigenvalue weighted by Gasteiger charge is -2.24. The zero-order chi connectivity index (χ0) is 14.1. The molecule has 5 nitrogen and oxygen atoms in total. The number of hydrogen-bond acceptors (Lipinski definition) is 4. The maximum atomic E-state index is 11.9. The number of aromatic nitrogens is 2. The molecule has 2 heterocycles. The van der Waals surface area contributed by atoms with Crippen LogP contribution in [-0.2, 0) is 4.79 Å². The van der Waals surface area contributed by atoms with Crippen LogP contribution in [0, 0.1) is 0 Å². The van der Waals surface area contributed by atoms with Gasteiger partial charge in [0.05, 0.1) is 6.67 Å². The molecule has 2 aliphatic rings. The number of carbonyl (C=O) groups excluding carboxylic acids is 1. The summed E-state index contributed by atoms with van der Waals surface area (Å²) in [5.74, 6) is 1.60. The molecule has 1 saturated carbocycles. The van der Waals surface area contributed by atoms with Crippen molar-refractivity contribution in [2.45, 2.75) is 51.0 Å². The van der Waals surface area contributed by atoms with Gasteiger partial charge in [-0.05, 0) is 19.8 Å². The Balaban J connectivity index is 1.82. The molecule has 2 fully saturated rings. The number of carbonyl (C=O) groups is 1. The highest BCUT2D eigenvalue weighted by Gasteiger charge is 2.34. The van der Waals surface area contributed by atoms with Gasteiger partial charge in [0.1, 0.15) is 18.2 Å². The maximum Gasteiger partial charge on any atom is 0.246 e. The van der Waals surface area contributed by atoms with Crippen LogP contribution >= 0.6 is 0 Å². The first kappa shape index (κ1) is 13.3. The van der Waals surface area contributed by atoms with Gasteiger partial charge in [-0.1, -0.05) is 19.3 Å². The molecule has 1 aromatic rings. The number of amides is 1. The summed E-state index contributed by atoms with van der Waals surface area (Å²) in [5.41, 5.74) is 1.14. The van der Waals surface area contributed by atoms with Gasteiger partial charge in [-0.15, -0.1) is 0 Å². The summed E-state index contributed by atoms with van der Waals surface area (Å²) in [6.45, 7) is 2.55. The number of hydrogen-bond donors (Lipinski definition) is 0. The van der Waals surface area contributed by atoms with Crippen molar-refractivity contribution < 1.29 is 4.79 Å². The highest BCUT2D eigenvalue weighted by molar-refractivity contribution is 5.87. The van der Waals surface area contributed by atoms with Crippen molar-refractivity contribution in [1.29, 1.82) is 0 Å². The van der Waals surface area contributed by atoms with Crippen LogP contribution in [0.3, 0.4) is 0 Å². The fraction of sp³-hybridized carbons (Fsp3) is 0.667. The van der Waals surface area contributed by atoms with Gasteiger partial charge in [-0.3, -0.25) is 4.79 Å². The maximum absolute atomic E-state index is 11.9. The van der Waals surface area contributed by atoms with Crippen molar-refractivity contribution >= 4 is 11.7 Å². The topological polar surface area (TPSA) is 49.3 Å². The minimum atomic E-state index is -0.130. The minimum absolute atomic E-state index is 0.130. The molecule has 0 radical (unpaired) electrons. The first-order chi connectivity index (χ1) is 9.66. The lowest BCUT2D eigenvalue weighted by molar-refractivity contribution is -0.127. The monoisotopic (exact) mass is 274 g/mol. The standard InChI is InChI=1S/C15H22N4O/c1-11-15(20)18(2)10-19(11)14-8-13(16-9-17-14)12-6-4-3-5-7-12/h8-9,11-12H,3-7,10H2,1-2H3. The predicted molar refractivity (Wildman–Crippen MR) is 77.4 cm³/mol. The predicted octanol–water partition coefficient (Wildman–Crippen LogP) is 2.15. The number of nitrogens with zero attached hydrogens (tertiary/aromatic N) is 4. The molecule has 1 amide bonds. The van der Waals surface area contributed by atoms with E-state index in [-0.39, 0.29) is 11.9 Å². The van der Waals surface area contributed by atoms with Crippen LogP contribution < -0.4 is 4.90 Å². The Morgan fingerprint density at radius 1 is 1.20 bits per heavy atom. The van der Waals surface area contributed by atoms with Gasteiger partial charge >= 0.3 is 0 Å². The van der Waals surface area contributed by atoms with Gasteiger partial charge in [0.15, 0.2) is 0 Å². The van der Waals surface area contributed by atoms with E-state index in [9.17, 15) is 4.79 Å². The van der Waals surface area contributed by atoms with Crippen LogP contribution in [0.1, 0.15) is 50.6 Å². The fourth-order valence-corrected chi connectivity index (χ4v) is 3.28. The Hall–Kier alpha value is -1.65. The Morgan fingerprint density at radius 3 is 2.60 bits per heavy atom. The summed E-state index contributed by atoms with van der Waals surface area (Å²) in [6, 6.07) is 1.95. The van der Waals surface area contributed by atoms with Crippen LogP contribution in [0.5, 0.6) is 0 Å². The van der Waals surface area contributed by atoms with Crippen LogP contribution in [-0.4, -0.2) is 40.5 Å². The Kier molecular flexibility index (Phi) is 3.59. The molecule has 3 rings (SSSR count). The van der Waals surface area contributed by atoms with Gasteiger partial charge in [0, 0.05) is 24.7 Å². The van der Waals surface area contributed by atoms with Crippen molar-refractivity contribution in [1.82, 2.24) is 14.9 Å². The second-order valence-corrected chi connectivity index (χ2v) is 5.96. The molecule has 1 saturated heterocycles. The van der Waals surface area contributed by atoms with E-state index in [4.69, 9.17) is 0 Å². The second kappa shape index (κ2) is 5.38. The van der Waals surface area contributed by atoms with Crippen LogP contribution in [0.2, 0.25) is 0 Å². The highest BCUT2D eigenvalue weighted by atomic mass is 16.2. The minimum Gasteiger partial charge on any atom is -0.327 e. The summed E-state index contributed by atoms with van der Waals surface area (Å²) >= 11 is 0.